The van der Waals surface area contributed by atoms with E-state index in [1.807, 2.05) is 0 Å². The first-order valence-electron chi connectivity index (χ1n) is 8.98. The molecule has 156 valence electrons. The van der Waals surface area contributed by atoms with Crippen LogP contribution in [0.4, 0.5) is 0 Å². The smallest absolute Gasteiger partial charge is 0.332 e. The molecule has 0 saturated heterocycles. The Morgan fingerprint density at radius 3 is 1.78 bits per heavy atom. The van der Waals surface area contributed by atoms with Crippen molar-refractivity contribution in [3.05, 3.63) is 37.5 Å². The minimum absolute atomic E-state index is 0.316. The molecule has 0 aliphatic rings. The largest absolute Gasteiger partial charge is 0.466 e. The van der Waals surface area contributed by atoms with Gasteiger partial charge < -0.3 is 14.2 Å². The number of carbonyl (C=O) groups is 3. The molecule has 0 heterocycles. The van der Waals surface area contributed by atoms with Crippen molar-refractivity contribution in [2.45, 2.75) is 53.4 Å². The Bertz CT molecular complexity index is 450. The van der Waals surface area contributed by atoms with Gasteiger partial charge in [-0.1, -0.05) is 52.8 Å². The molecule has 0 spiro atoms. The van der Waals surface area contributed by atoms with Crippen molar-refractivity contribution in [2.75, 3.05) is 20.3 Å². The monoisotopic (exact) mass is 384 g/mol. The Morgan fingerprint density at radius 2 is 1.48 bits per heavy atom. The highest BCUT2D eigenvalue weighted by Crippen LogP contribution is 2.07. The molecule has 0 aromatic rings. The molecule has 0 bridgehead atoms. The van der Waals surface area contributed by atoms with Gasteiger partial charge in [0.15, 0.2) is 0 Å². The van der Waals surface area contributed by atoms with Crippen LogP contribution >= 0.6 is 0 Å². The molecule has 0 aliphatic heterocycles. The fourth-order valence-corrected chi connectivity index (χ4v) is 1.44. The first-order chi connectivity index (χ1) is 12.7. The molecule has 0 radical (unpaired) electrons. The zero-order valence-corrected chi connectivity index (χ0v) is 17.5. The van der Waals surface area contributed by atoms with Gasteiger partial charge in [-0.2, -0.15) is 0 Å². The fraction of sp³-hybridized carbons (Fsp3) is 0.571. The quantitative estimate of drug-likeness (QED) is 0.240. The number of rotatable bonds is 10. The van der Waals surface area contributed by atoms with Crippen LogP contribution in [0.2, 0.25) is 0 Å². The van der Waals surface area contributed by atoms with E-state index in [0.29, 0.717) is 18.8 Å². The van der Waals surface area contributed by atoms with Gasteiger partial charge in [-0.3, -0.25) is 0 Å². The summed E-state index contributed by atoms with van der Waals surface area (Å²) < 4.78 is 13.5. The van der Waals surface area contributed by atoms with Gasteiger partial charge in [0.25, 0.3) is 0 Å². The molecular weight excluding hydrogens is 348 g/mol. The van der Waals surface area contributed by atoms with Gasteiger partial charge in [0.1, 0.15) is 0 Å². The lowest BCUT2D eigenvalue weighted by molar-refractivity contribution is -0.138. The van der Waals surface area contributed by atoms with Crippen molar-refractivity contribution in [3.63, 3.8) is 0 Å². The summed E-state index contributed by atoms with van der Waals surface area (Å²) in [6.07, 6.45) is 6.94. The Balaban J connectivity index is -0.000000350. The minimum atomic E-state index is -0.359. The molecular formula is C21H36O6. The molecule has 0 rings (SSSR count). The second kappa shape index (κ2) is 21.7. The Morgan fingerprint density at radius 1 is 0.963 bits per heavy atom. The first kappa shape index (κ1) is 29.4. The molecule has 0 aromatic heterocycles. The summed E-state index contributed by atoms with van der Waals surface area (Å²) in [4.78, 5) is 30.9. The molecule has 0 aromatic carbocycles. The lowest BCUT2D eigenvalue weighted by Gasteiger charge is -2.04. The van der Waals surface area contributed by atoms with Crippen molar-refractivity contribution in [3.8, 4) is 0 Å². The van der Waals surface area contributed by atoms with Crippen molar-refractivity contribution in [1.29, 1.82) is 0 Å². The van der Waals surface area contributed by atoms with Crippen LogP contribution in [0.5, 0.6) is 0 Å². The second-order valence-corrected chi connectivity index (χ2v) is 5.84. The van der Waals surface area contributed by atoms with Crippen LogP contribution < -0.4 is 0 Å². The summed E-state index contributed by atoms with van der Waals surface area (Å²) in [5.74, 6) is -0.248. The van der Waals surface area contributed by atoms with E-state index in [4.69, 9.17) is 4.74 Å². The molecule has 6 heteroatoms. The Kier molecular flexibility index (Phi) is 23.6. The SMILES string of the molecule is C=C(C)C(=O)OC.C=CC(=O)OCC.C=CC(=O)OCCCCCC(C)C. The summed E-state index contributed by atoms with van der Waals surface area (Å²) in [5.41, 5.74) is 0.433. The third kappa shape index (κ3) is 28.7. The normalized spacial score (nSPS) is 8.81. The van der Waals surface area contributed by atoms with Gasteiger partial charge in [-0.05, 0) is 26.2 Å². The van der Waals surface area contributed by atoms with Gasteiger partial charge in [0.05, 0.1) is 20.3 Å². The predicted octanol–water partition coefficient (Wildman–Crippen LogP) is 4.40. The van der Waals surface area contributed by atoms with Gasteiger partial charge in [0.2, 0.25) is 0 Å². The molecule has 0 N–H and O–H groups in total. The molecule has 0 amide bonds. The summed E-state index contributed by atoms with van der Waals surface area (Å²) >= 11 is 0. The van der Waals surface area contributed by atoms with Gasteiger partial charge in [-0.25, -0.2) is 14.4 Å². The summed E-state index contributed by atoms with van der Waals surface area (Å²) in [7, 11) is 1.33. The number of unbranched alkanes of at least 4 members (excludes halogenated alkanes) is 2. The van der Waals surface area contributed by atoms with Crippen LogP contribution in [0.3, 0.4) is 0 Å². The van der Waals surface area contributed by atoms with Crippen molar-refractivity contribution in [2.24, 2.45) is 5.92 Å². The van der Waals surface area contributed by atoms with E-state index in [-0.39, 0.29) is 17.9 Å². The van der Waals surface area contributed by atoms with Crippen molar-refractivity contribution >= 4 is 17.9 Å². The summed E-state index contributed by atoms with van der Waals surface area (Å²) in [6, 6.07) is 0. The lowest BCUT2D eigenvalue weighted by Crippen LogP contribution is -2.01. The maximum absolute atomic E-state index is 10.6. The van der Waals surface area contributed by atoms with Gasteiger partial charge >= 0.3 is 17.9 Å². The highest BCUT2D eigenvalue weighted by molar-refractivity contribution is 5.86. The van der Waals surface area contributed by atoms with E-state index in [9.17, 15) is 14.4 Å². The highest BCUT2D eigenvalue weighted by atomic mass is 16.5. The van der Waals surface area contributed by atoms with E-state index in [2.05, 4.69) is 43.1 Å². The Labute approximate surface area is 164 Å². The first-order valence-corrected chi connectivity index (χ1v) is 8.98. The number of carbonyl (C=O) groups excluding carboxylic acids is 3. The third-order valence-electron chi connectivity index (χ3n) is 2.82. The molecule has 0 aliphatic carbocycles. The average Bonchev–Trinajstić information content (AvgIpc) is 2.64. The molecule has 27 heavy (non-hydrogen) atoms. The van der Waals surface area contributed by atoms with Crippen molar-refractivity contribution < 1.29 is 28.6 Å². The number of methoxy groups -OCH3 is 1. The van der Waals surface area contributed by atoms with E-state index in [0.717, 1.165) is 24.8 Å². The number of hydrogen-bond acceptors (Lipinski definition) is 6. The molecule has 6 nitrogen and oxygen atoms in total. The van der Waals surface area contributed by atoms with Crippen LogP contribution in [-0.4, -0.2) is 38.2 Å². The predicted molar refractivity (Wildman–Crippen MR) is 108 cm³/mol. The van der Waals surface area contributed by atoms with Crippen LogP contribution in [0, 0.1) is 5.92 Å². The average molecular weight is 385 g/mol. The van der Waals surface area contributed by atoms with E-state index < -0.39 is 0 Å². The maximum Gasteiger partial charge on any atom is 0.332 e. The summed E-state index contributed by atoms with van der Waals surface area (Å²) in [5, 5.41) is 0. The zero-order chi connectivity index (χ0) is 21.7. The Hall–Kier alpha value is -2.37. The fourth-order valence-electron chi connectivity index (χ4n) is 1.44. The van der Waals surface area contributed by atoms with Crippen LogP contribution in [0.1, 0.15) is 53.4 Å². The second-order valence-electron chi connectivity index (χ2n) is 5.84. The number of hydrogen-bond donors (Lipinski definition) is 0. The highest BCUT2D eigenvalue weighted by Gasteiger charge is 1.97. The topological polar surface area (TPSA) is 78.9 Å². The molecule has 0 saturated carbocycles. The lowest BCUT2D eigenvalue weighted by atomic mass is 10.1. The van der Waals surface area contributed by atoms with E-state index >= 15 is 0 Å². The standard InChI is InChI=1S/C11H20O2.2C5H8O2/c1-4-11(12)13-9-7-5-6-8-10(2)3;1-4(2)5(6)7-3;1-3-5(6)7-4-2/h4,10H,1,5-9H2,2-3H3;1H2,2-3H3;3H,1,4H2,2H3. The van der Waals surface area contributed by atoms with Gasteiger partial charge in [0, 0.05) is 17.7 Å². The van der Waals surface area contributed by atoms with Crippen LogP contribution in [0.15, 0.2) is 37.5 Å². The molecule has 0 atom stereocenters. The number of esters is 3. The number of ether oxygens (including phenoxy) is 3. The van der Waals surface area contributed by atoms with Crippen LogP contribution in [-0.2, 0) is 28.6 Å². The third-order valence-corrected chi connectivity index (χ3v) is 2.82. The zero-order valence-electron chi connectivity index (χ0n) is 17.5. The van der Waals surface area contributed by atoms with E-state index in [1.165, 1.54) is 26.0 Å². The summed E-state index contributed by atoms with van der Waals surface area (Å²) in [6.45, 7) is 18.6. The molecule has 0 unspecified atom stereocenters. The minimum Gasteiger partial charge on any atom is -0.466 e. The van der Waals surface area contributed by atoms with Crippen molar-refractivity contribution in [1.82, 2.24) is 0 Å². The van der Waals surface area contributed by atoms with Crippen LogP contribution in [0.25, 0.3) is 0 Å². The van der Waals surface area contributed by atoms with E-state index in [1.54, 1.807) is 13.8 Å². The maximum atomic E-state index is 10.6. The molecule has 0 fully saturated rings. The van der Waals surface area contributed by atoms with Gasteiger partial charge in [-0.15, -0.1) is 0 Å².